The maximum absolute atomic E-state index is 12.6. The highest BCUT2D eigenvalue weighted by Crippen LogP contribution is 2.33. The summed E-state index contributed by atoms with van der Waals surface area (Å²) in [5.41, 5.74) is 0.108. The van der Waals surface area contributed by atoms with E-state index in [1.165, 1.54) is 36.4 Å². The number of nitrogens with zero attached hydrogens (tertiary/aromatic N) is 1. The molecule has 11 heteroatoms. The summed E-state index contributed by atoms with van der Waals surface area (Å²) in [6.07, 6.45) is -0.710. The van der Waals surface area contributed by atoms with Gasteiger partial charge in [0.15, 0.2) is 6.10 Å². The van der Waals surface area contributed by atoms with Gasteiger partial charge in [-0.2, -0.15) is 0 Å². The minimum Gasteiger partial charge on any atom is -0.481 e. The number of sulfonamides is 1. The maximum Gasteiger partial charge on any atom is 0.263 e. The van der Waals surface area contributed by atoms with Crippen molar-refractivity contribution >= 4 is 56.4 Å². The first-order valence-electron chi connectivity index (χ1n) is 8.98. The zero-order valence-corrected chi connectivity index (χ0v) is 19.0. The van der Waals surface area contributed by atoms with E-state index in [-0.39, 0.29) is 31.6 Å². The van der Waals surface area contributed by atoms with Crippen molar-refractivity contribution in [3.63, 3.8) is 0 Å². The van der Waals surface area contributed by atoms with Crippen LogP contribution >= 0.6 is 34.8 Å². The Bertz CT molecular complexity index is 1030. The van der Waals surface area contributed by atoms with E-state index in [0.717, 1.165) is 0 Å². The van der Waals surface area contributed by atoms with Gasteiger partial charge in [0, 0.05) is 13.1 Å². The van der Waals surface area contributed by atoms with Crippen LogP contribution in [0.3, 0.4) is 0 Å². The van der Waals surface area contributed by atoms with Gasteiger partial charge in [-0.05, 0) is 43.3 Å². The van der Waals surface area contributed by atoms with E-state index in [1.54, 1.807) is 11.8 Å². The van der Waals surface area contributed by atoms with Gasteiger partial charge in [-0.1, -0.05) is 34.8 Å². The van der Waals surface area contributed by atoms with Crippen LogP contribution < -0.4 is 9.46 Å². The molecule has 1 atom stereocenters. The Hall–Kier alpha value is -1.71. The molecule has 2 aromatic rings. The van der Waals surface area contributed by atoms with E-state index in [9.17, 15) is 13.2 Å². The summed E-state index contributed by atoms with van der Waals surface area (Å²) in [6.45, 7) is 3.69. The molecule has 1 N–H and O–H groups in total. The van der Waals surface area contributed by atoms with Gasteiger partial charge in [-0.3, -0.25) is 9.52 Å². The molecule has 0 saturated carbocycles. The van der Waals surface area contributed by atoms with E-state index in [2.05, 4.69) is 4.72 Å². The first-order chi connectivity index (χ1) is 14.2. The Kier molecular flexibility index (Phi) is 7.36. The molecule has 30 heavy (non-hydrogen) atoms. The molecule has 0 spiro atoms. The molecule has 1 fully saturated rings. The Labute approximate surface area is 189 Å². The average Bonchev–Trinajstić information content (AvgIpc) is 2.72. The van der Waals surface area contributed by atoms with Crippen molar-refractivity contribution in [2.75, 3.05) is 31.0 Å². The van der Waals surface area contributed by atoms with E-state index in [1.807, 2.05) is 0 Å². The summed E-state index contributed by atoms with van der Waals surface area (Å²) in [7, 11) is -3.92. The summed E-state index contributed by atoms with van der Waals surface area (Å²) in [5.74, 6) is 0.224. The van der Waals surface area contributed by atoms with Gasteiger partial charge in [-0.25, -0.2) is 8.42 Å². The third kappa shape index (κ3) is 5.50. The van der Waals surface area contributed by atoms with Crippen LogP contribution in [0.5, 0.6) is 5.75 Å². The van der Waals surface area contributed by atoms with Crippen LogP contribution in [0.2, 0.25) is 15.1 Å². The summed E-state index contributed by atoms with van der Waals surface area (Å²) in [5, 5.41) is 0.497. The van der Waals surface area contributed by atoms with Crippen molar-refractivity contribution in [2.24, 2.45) is 0 Å². The van der Waals surface area contributed by atoms with Crippen LogP contribution in [0.4, 0.5) is 5.69 Å². The quantitative estimate of drug-likeness (QED) is 0.613. The second kappa shape index (κ2) is 9.62. The highest BCUT2D eigenvalue weighted by atomic mass is 35.5. The molecule has 7 nitrogen and oxygen atoms in total. The van der Waals surface area contributed by atoms with Gasteiger partial charge < -0.3 is 14.4 Å². The van der Waals surface area contributed by atoms with Crippen molar-refractivity contribution in [1.29, 1.82) is 0 Å². The van der Waals surface area contributed by atoms with Crippen LogP contribution in [0.25, 0.3) is 0 Å². The number of rotatable bonds is 6. The Morgan fingerprint density at radius 2 is 1.67 bits per heavy atom. The van der Waals surface area contributed by atoms with E-state index < -0.39 is 16.1 Å². The fourth-order valence-electron chi connectivity index (χ4n) is 2.80. The molecule has 1 amide bonds. The topological polar surface area (TPSA) is 84.9 Å². The first kappa shape index (κ1) is 23.0. The number of hydrogen-bond donors (Lipinski definition) is 1. The number of ether oxygens (including phenoxy) is 2. The molecule has 0 aliphatic carbocycles. The monoisotopic (exact) mass is 492 g/mol. The number of hydrogen-bond acceptors (Lipinski definition) is 5. The molecule has 2 aromatic carbocycles. The normalized spacial score (nSPS) is 15.5. The minimum absolute atomic E-state index is 0.0100. The predicted molar refractivity (Wildman–Crippen MR) is 116 cm³/mol. The second-order valence-corrected chi connectivity index (χ2v) is 9.42. The van der Waals surface area contributed by atoms with Crippen molar-refractivity contribution in [3.8, 4) is 5.75 Å². The van der Waals surface area contributed by atoms with Crippen molar-refractivity contribution < 1.29 is 22.7 Å². The summed E-state index contributed by atoms with van der Waals surface area (Å²) < 4.78 is 38.6. The molecular formula is C19H19Cl3N2O5S. The lowest BCUT2D eigenvalue weighted by molar-refractivity contribution is -0.142. The molecule has 0 unspecified atom stereocenters. The third-order valence-electron chi connectivity index (χ3n) is 4.37. The van der Waals surface area contributed by atoms with Gasteiger partial charge >= 0.3 is 0 Å². The molecule has 0 aromatic heterocycles. The predicted octanol–water partition coefficient (Wildman–Crippen LogP) is 4.07. The minimum atomic E-state index is -3.92. The fourth-order valence-corrected chi connectivity index (χ4v) is 4.52. The summed E-state index contributed by atoms with van der Waals surface area (Å²) in [4.78, 5) is 14.1. The number of anilines is 1. The van der Waals surface area contributed by atoms with Crippen molar-refractivity contribution in [1.82, 2.24) is 4.90 Å². The van der Waals surface area contributed by atoms with E-state index in [4.69, 9.17) is 44.3 Å². The van der Waals surface area contributed by atoms with Gasteiger partial charge in [0.2, 0.25) is 0 Å². The molecule has 1 aliphatic rings. The second-order valence-electron chi connectivity index (χ2n) is 6.52. The van der Waals surface area contributed by atoms with Crippen LogP contribution in [0.1, 0.15) is 6.92 Å². The van der Waals surface area contributed by atoms with Crippen LogP contribution in [0, 0.1) is 0 Å². The van der Waals surface area contributed by atoms with Gasteiger partial charge in [-0.15, -0.1) is 0 Å². The highest BCUT2D eigenvalue weighted by Gasteiger charge is 2.24. The van der Waals surface area contributed by atoms with Crippen LogP contribution in [-0.2, 0) is 19.6 Å². The van der Waals surface area contributed by atoms with Crippen LogP contribution in [0.15, 0.2) is 41.3 Å². The Balaban J connectivity index is 1.68. The van der Waals surface area contributed by atoms with E-state index in [0.29, 0.717) is 32.1 Å². The molecular weight excluding hydrogens is 475 g/mol. The molecule has 1 saturated heterocycles. The van der Waals surface area contributed by atoms with E-state index >= 15 is 0 Å². The first-order valence-corrected chi connectivity index (χ1v) is 11.6. The average molecular weight is 494 g/mol. The number of amides is 1. The molecule has 3 rings (SSSR count). The molecule has 1 heterocycles. The number of halogens is 3. The largest absolute Gasteiger partial charge is 0.481 e. The number of carbonyl (C=O) groups is 1. The molecule has 162 valence electrons. The lowest BCUT2D eigenvalue weighted by Gasteiger charge is -2.29. The fraction of sp³-hybridized carbons (Fsp3) is 0.316. The lowest BCUT2D eigenvalue weighted by Crippen LogP contribution is -2.46. The number of carbonyl (C=O) groups excluding carboxylic acids is 1. The van der Waals surface area contributed by atoms with Crippen LogP contribution in [-0.4, -0.2) is 51.6 Å². The third-order valence-corrected chi connectivity index (χ3v) is 6.79. The highest BCUT2D eigenvalue weighted by molar-refractivity contribution is 7.92. The Morgan fingerprint density at radius 1 is 1.07 bits per heavy atom. The molecule has 0 bridgehead atoms. The Morgan fingerprint density at radius 3 is 2.30 bits per heavy atom. The zero-order valence-electron chi connectivity index (χ0n) is 15.9. The van der Waals surface area contributed by atoms with Gasteiger partial charge in [0.25, 0.3) is 15.9 Å². The number of morpholine rings is 1. The summed E-state index contributed by atoms with van der Waals surface area (Å²) in [6, 6.07) is 8.39. The smallest absolute Gasteiger partial charge is 0.263 e. The molecule has 1 aliphatic heterocycles. The number of benzene rings is 2. The van der Waals surface area contributed by atoms with Gasteiger partial charge in [0.1, 0.15) is 5.75 Å². The lowest BCUT2D eigenvalue weighted by atomic mass is 10.3. The number of nitrogens with one attached hydrogen (secondary N) is 1. The SMILES string of the molecule is C[C@H](Oc1ccc(S(=O)(=O)Nc2cc(Cl)c(Cl)cc2Cl)cc1)C(=O)N1CCOCC1. The zero-order chi connectivity index (χ0) is 21.9. The van der Waals surface area contributed by atoms with Gasteiger partial charge in [0.05, 0.1) is 38.9 Å². The maximum atomic E-state index is 12.6. The standard InChI is InChI=1S/C19H19Cl3N2O5S/c1-12(19(25)24-6-8-28-9-7-24)29-13-2-4-14(5-3-13)30(26,27)23-18-11-16(21)15(20)10-17(18)22/h2-5,10-12,23H,6-9H2,1H3/t12-/m0/s1. The van der Waals surface area contributed by atoms with Crippen molar-refractivity contribution in [3.05, 3.63) is 51.5 Å². The van der Waals surface area contributed by atoms with Crippen molar-refractivity contribution in [2.45, 2.75) is 17.9 Å². The summed E-state index contributed by atoms with van der Waals surface area (Å²) >= 11 is 17.8. The molecule has 0 radical (unpaired) electrons.